The van der Waals surface area contributed by atoms with Gasteiger partial charge < -0.3 is 9.42 Å². The van der Waals surface area contributed by atoms with Crippen molar-refractivity contribution >= 4 is 17.5 Å². The van der Waals surface area contributed by atoms with Gasteiger partial charge in [0.2, 0.25) is 5.91 Å². The third kappa shape index (κ3) is 3.97. The lowest BCUT2D eigenvalue weighted by molar-refractivity contribution is -0.132. The molecule has 1 fully saturated rings. The van der Waals surface area contributed by atoms with Crippen LogP contribution in [0.5, 0.6) is 0 Å². The van der Waals surface area contributed by atoms with Crippen LogP contribution in [0.25, 0.3) is 0 Å². The predicted octanol–water partition coefficient (Wildman–Crippen LogP) is 3.08. The molecule has 2 aromatic rings. The number of hydrogen-bond acceptors (Lipinski definition) is 4. The van der Waals surface area contributed by atoms with Crippen molar-refractivity contribution in [1.82, 2.24) is 15.0 Å². The van der Waals surface area contributed by atoms with Crippen molar-refractivity contribution in [3.8, 4) is 0 Å². The van der Waals surface area contributed by atoms with Crippen LogP contribution in [0.1, 0.15) is 30.0 Å². The molecular formula is C18H22ClN3O2. The first-order chi connectivity index (χ1) is 11.5. The van der Waals surface area contributed by atoms with Crippen molar-refractivity contribution in [3.63, 3.8) is 0 Å². The number of carbonyl (C=O) groups excluding carboxylic acids is 1. The molecule has 2 heterocycles. The normalized spacial score (nSPS) is 17.0. The highest BCUT2D eigenvalue weighted by atomic mass is 35.5. The van der Waals surface area contributed by atoms with Gasteiger partial charge in [-0.25, -0.2) is 0 Å². The molecule has 6 heteroatoms. The first-order valence-corrected chi connectivity index (χ1v) is 8.60. The van der Waals surface area contributed by atoms with Gasteiger partial charge in [-0.05, 0) is 31.5 Å². The SMILES string of the molecule is Cc1cc(CC(=O)N2CCN(C(C)c3ccc(Cl)cc3)CC2)no1. The summed E-state index contributed by atoms with van der Waals surface area (Å²) in [5, 5.41) is 4.65. The molecule has 1 aliphatic heterocycles. The van der Waals surface area contributed by atoms with Gasteiger partial charge in [0.1, 0.15) is 5.76 Å². The lowest BCUT2D eigenvalue weighted by Crippen LogP contribution is -2.49. The summed E-state index contributed by atoms with van der Waals surface area (Å²) in [4.78, 5) is 16.7. The number of halogens is 1. The van der Waals surface area contributed by atoms with Crippen LogP contribution in [-0.4, -0.2) is 47.0 Å². The molecule has 1 amide bonds. The Morgan fingerprint density at radius 1 is 1.25 bits per heavy atom. The van der Waals surface area contributed by atoms with Crippen LogP contribution in [0.3, 0.4) is 0 Å². The van der Waals surface area contributed by atoms with Crippen molar-refractivity contribution in [3.05, 3.63) is 52.4 Å². The van der Waals surface area contributed by atoms with Crippen molar-refractivity contribution in [2.45, 2.75) is 26.3 Å². The Kier molecular flexibility index (Phi) is 5.21. The summed E-state index contributed by atoms with van der Waals surface area (Å²) in [5.41, 5.74) is 1.95. The zero-order chi connectivity index (χ0) is 17.1. The van der Waals surface area contributed by atoms with E-state index in [9.17, 15) is 4.79 Å². The van der Waals surface area contributed by atoms with Crippen molar-refractivity contribution in [2.24, 2.45) is 0 Å². The second-order valence-electron chi connectivity index (χ2n) is 6.25. The van der Waals surface area contributed by atoms with Crippen molar-refractivity contribution in [2.75, 3.05) is 26.2 Å². The van der Waals surface area contributed by atoms with E-state index in [4.69, 9.17) is 16.1 Å². The van der Waals surface area contributed by atoms with E-state index in [2.05, 4.69) is 29.1 Å². The van der Waals surface area contributed by atoms with E-state index < -0.39 is 0 Å². The number of aromatic nitrogens is 1. The van der Waals surface area contributed by atoms with E-state index in [0.717, 1.165) is 37.0 Å². The van der Waals surface area contributed by atoms with Crippen molar-refractivity contribution < 1.29 is 9.32 Å². The standard InChI is InChI=1S/C18H22ClN3O2/c1-13-11-17(20-24-13)12-18(23)22-9-7-21(8-10-22)14(2)15-3-5-16(19)6-4-15/h3-6,11,14H,7-10,12H2,1-2H3. The fourth-order valence-corrected chi connectivity index (χ4v) is 3.20. The van der Waals surface area contributed by atoms with E-state index in [1.54, 1.807) is 0 Å². The fraction of sp³-hybridized carbons (Fsp3) is 0.444. The Hall–Kier alpha value is -1.85. The lowest BCUT2D eigenvalue weighted by Gasteiger charge is -2.38. The van der Waals surface area contributed by atoms with Crippen LogP contribution < -0.4 is 0 Å². The summed E-state index contributed by atoms with van der Waals surface area (Å²) in [6.07, 6.45) is 0.310. The third-order valence-electron chi connectivity index (χ3n) is 4.58. The van der Waals surface area contributed by atoms with E-state index in [-0.39, 0.29) is 5.91 Å². The minimum atomic E-state index is 0.113. The van der Waals surface area contributed by atoms with Crippen LogP contribution in [-0.2, 0) is 11.2 Å². The second-order valence-corrected chi connectivity index (χ2v) is 6.69. The molecule has 1 unspecified atom stereocenters. The summed E-state index contributed by atoms with van der Waals surface area (Å²) in [6, 6.07) is 10.1. The molecule has 0 radical (unpaired) electrons. The Balaban J connectivity index is 1.53. The van der Waals surface area contributed by atoms with Crippen LogP contribution in [0.4, 0.5) is 0 Å². The van der Waals surface area contributed by atoms with Crippen LogP contribution in [0.2, 0.25) is 5.02 Å². The van der Waals surface area contributed by atoms with E-state index in [1.807, 2.05) is 30.0 Å². The average Bonchev–Trinajstić information content (AvgIpc) is 3.00. The summed E-state index contributed by atoms with van der Waals surface area (Å²) >= 11 is 5.95. The van der Waals surface area contributed by atoms with E-state index >= 15 is 0 Å². The van der Waals surface area contributed by atoms with Gasteiger partial charge in [-0.3, -0.25) is 9.69 Å². The fourth-order valence-electron chi connectivity index (χ4n) is 3.08. The number of piperazine rings is 1. The van der Waals surface area contributed by atoms with Gasteiger partial charge in [-0.15, -0.1) is 0 Å². The molecule has 5 nitrogen and oxygen atoms in total. The summed E-state index contributed by atoms with van der Waals surface area (Å²) in [5.74, 6) is 0.849. The molecule has 24 heavy (non-hydrogen) atoms. The molecule has 0 saturated carbocycles. The maximum Gasteiger partial charge on any atom is 0.228 e. The molecular weight excluding hydrogens is 326 g/mol. The Labute approximate surface area is 147 Å². The Morgan fingerprint density at radius 3 is 2.50 bits per heavy atom. The number of rotatable bonds is 4. The zero-order valence-electron chi connectivity index (χ0n) is 14.0. The summed E-state index contributed by atoms with van der Waals surface area (Å²) in [6.45, 7) is 7.25. The number of hydrogen-bond donors (Lipinski definition) is 0. The molecule has 1 saturated heterocycles. The van der Waals surface area contributed by atoms with Gasteiger partial charge in [-0.2, -0.15) is 0 Å². The highest BCUT2D eigenvalue weighted by molar-refractivity contribution is 6.30. The smallest absolute Gasteiger partial charge is 0.228 e. The zero-order valence-corrected chi connectivity index (χ0v) is 14.8. The minimum absolute atomic E-state index is 0.113. The molecule has 1 aromatic heterocycles. The van der Waals surface area contributed by atoms with Crippen LogP contribution in [0, 0.1) is 6.92 Å². The first kappa shape index (κ1) is 17.0. The molecule has 0 bridgehead atoms. The number of carbonyl (C=O) groups is 1. The van der Waals surface area contributed by atoms with Gasteiger partial charge in [0.25, 0.3) is 0 Å². The second kappa shape index (κ2) is 7.36. The Bertz CT molecular complexity index is 691. The molecule has 3 rings (SSSR count). The molecule has 1 atom stereocenters. The first-order valence-electron chi connectivity index (χ1n) is 8.22. The van der Waals surface area contributed by atoms with Gasteiger partial charge in [0.15, 0.2) is 0 Å². The third-order valence-corrected chi connectivity index (χ3v) is 4.83. The highest BCUT2D eigenvalue weighted by Gasteiger charge is 2.25. The molecule has 128 valence electrons. The maximum absolute atomic E-state index is 12.4. The highest BCUT2D eigenvalue weighted by Crippen LogP contribution is 2.23. The van der Waals surface area contributed by atoms with Gasteiger partial charge in [0, 0.05) is 43.3 Å². The molecule has 0 N–H and O–H groups in total. The molecule has 0 aliphatic carbocycles. The topological polar surface area (TPSA) is 49.6 Å². The van der Waals surface area contributed by atoms with Crippen molar-refractivity contribution in [1.29, 1.82) is 0 Å². The van der Waals surface area contributed by atoms with Gasteiger partial charge >= 0.3 is 0 Å². The number of amides is 1. The van der Waals surface area contributed by atoms with E-state index in [0.29, 0.717) is 18.2 Å². The molecule has 0 spiro atoms. The van der Waals surface area contributed by atoms with Gasteiger partial charge in [0.05, 0.1) is 12.1 Å². The van der Waals surface area contributed by atoms with Crippen LogP contribution >= 0.6 is 11.6 Å². The van der Waals surface area contributed by atoms with E-state index in [1.165, 1.54) is 5.56 Å². The quantitative estimate of drug-likeness (QED) is 0.852. The van der Waals surface area contributed by atoms with Crippen LogP contribution in [0.15, 0.2) is 34.9 Å². The summed E-state index contributed by atoms with van der Waals surface area (Å²) in [7, 11) is 0. The molecule has 1 aromatic carbocycles. The van der Waals surface area contributed by atoms with Gasteiger partial charge in [-0.1, -0.05) is 28.9 Å². The minimum Gasteiger partial charge on any atom is -0.361 e. The number of benzene rings is 1. The molecule has 1 aliphatic rings. The number of nitrogens with zero attached hydrogens (tertiary/aromatic N) is 3. The monoisotopic (exact) mass is 347 g/mol. The predicted molar refractivity (Wildman–Crippen MR) is 93.0 cm³/mol. The lowest BCUT2D eigenvalue weighted by atomic mass is 10.1. The Morgan fingerprint density at radius 2 is 1.92 bits per heavy atom. The largest absolute Gasteiger partial charge is 0.361 e. The maximum atomic E-state index is 12.4. The number of aryl methyl sites for hydroxylation is 1. The average molecular weight is 348 g/mol. The summed E-state index contributed by atoms with van der Waals surface area (Å²) < 4.78 is 5.02.